The normalized spacial score (nSPS) is 23.8. The number of hydrogen-bond donors (Lipinski definition) is 1. The molecule has 1 aromatic carbocycles. The second-order valence-electron chi connectivity index (χ2n) is 5.79. The molecule has 0 spiro atoms. The maximum Gasteiger partial charge on any atom is 0.196 e. The Labute approximate surface area is 130 Å². The Balaban J connectivity index is 2.37. The second-order valence-corrected chi connectivity index (χ2v) is 6.70. The molecule has 2 unspecified atom stereocenters. The second kappa shape index (κ2) is 6.17. The summed E-state index contributed by atoms with van der Waals surface area (Å²) in [6, 6.07) is 8.32. The monoisotopic (exact) mass is 337 g/mol. The number of nitrogens with zero attached hydrogens (tertiary/aromatic N) is 2. The van der Waals surface area contributed by atoms with Crippen LogP contribution in [-0.4, -0.2) is 18.0 Å². The Morgan fingerprint density at radius 2 is 2.20 bits per heavy atom. The van der Waals surface area contributed by atoms with Crippen molar-refractivity contribution < 1.29 is 0 Å². The highest BCUT2D eigenvalue weighted by atomic mass is 79.9. The Kier molecular flexibility index (Phi) is 4.74. The molecule has 2 rings (SSSR count). The number of halogens is 1. The third-order valence-electron chi connectivity index (χ3n) is 4.39. The van der Waals surface area contributed by atoms with E-state index in [-0.39, 0.29) is 5.54 Å². The molecule has 0 aliphatic carbocycles. The molecular formula is C16H24BrN3. The zero-order chi connectivity index (χ0) is 14.8. The molecule has 2 atom stereocenters. The van der Waals surface area contributed by atoms with Gasteiger partial charge in [0.2, 0.25) is 0 Å². The third-order valence-corrected chi connectivity index (χ3v) is 4.88. The lowest BCUT2D eigenvalue weighted by molar-refractivity contribution is 0.333. The van der Waals surface area contributed by atoms with Crippen LogP contribution < -0.4 is 10.6 Å². The molecule has 20 heavy (non-hydrogen) atoms. The molecule has 1 aliphatic rings. The number of rotatable bonds is 5. The third kappa shape index (κ3) is 2.85. The van der Waals surface area contributed by atoms with Crippen LogP contribution in [0.1, 0.15) is 40.0 Å². The average Bonchev–Trinajstić information content (AvgIpc) is 2.76. The zero-order valence-corrected chi connectivity index (χ0v) is 14.2. The van der Waals surface area contributed by atoms with Crippen molar-refractivity contribution in [3.8, 4) is 0 Å². The van der Waals surface area contributed by atoms with Gasteiger partial charge in [-0.05, 0) is 37.0 Å². The van der Waals surface area contributed by atoms with Crippen molar-refractivity contribution in [2.75, 3.05) is 11.4 Å². The van der Waals surface area contributed by atoms with Gasteiger partial charge in [0.25, 0.3) is 0 Å². The fraction of sp³-hybridized carbons (Fsp3) is 0.562. The molecule has 1 aliphatic heterocycles. The molecule has 0 saturated heterocycles. The maximum atomic E-state index is 6.19. The van der Waals surface area contributed by atoms with Gasteiger partial charge < -0.3 is 10.6 Å². The van der Waals surface area contributed by atoms with E-state index >= 15 is 0 Å². The summed E-state index contributed by atoms with van der Waals surface area (Å²) in [5.74, 6) is 1.32. The minimum atomic E-state index is 0.0281. The summed E-state index contributed by atoms with van der Waals surface area (Å²) in [6.07, 6.45) is 3.36. The zero-order valence-electron chi connectivity index (χ0n) is 12.6. The van der Waals surface area contributed by atoms with Crippen LogP contribution in [0.3, 0.4) is 0 Å². The Hall–Kier alpha value is -1.03. The van der Waals surface area contributed by atoms with Gasteiger partial charge in [-0.15, -0.1) is 0 Å². The van der Waals surface area contributed by atoms with E-state index in [2.05, 4.69) is 64.8 Å². The van der Waals surface area contributed by atoms with Gasteiger partial charge in [0.05, 0.1) is 12.1 Å². The summed E-state index contributed by atoms with van der Waals surface area (Å²) in [7, 11) is 0. The largest absolute Gasteiger partial charge is 0.369 e. The summed E-state index contributed by atoms with van der Waals surface area (Å²) in [5.41, 5.74) is 7.35. The predicted octanol–water partition coefficient (Wildman–Crippen LogP) is 4.17. The standard InChI is InChI=1S/C16H24BrN3/c1-4-12(3)10-16(5-2)11-19-15(18)20(16)14-8-6-7-13(17)9-14/h6-9,12H,4-5,10-11H2,1-3H3,(H2,18,19). The van der Waals surface area contributed by atoms with Crippen LogP contribution in [0.15, 0.2) is 33.7 Å². The number of guanidine groups is 1. The van der Waals surface area contributed by atoms with Gasteiger partial charge in [-0.25, -0.2) is 0 Å². The van der Waals surface area contributed by atoms with Gasteiger partial charge >= 0.3 is 0 Å². The van der Waals surface area contributed by atoms with Gasteiger partial charge in [0, 0.05) is 10.2 Å². The van der Waals surface area contributed by atoms with Crippen LogP contribution in [0.5, 0.6) is 0 Å². The number of anilines is 1. The number of hydrogen-bond acceptors (Lipinski definition) is 3. The lowest BCUT2D eigenvalue weighted by Gasteiger charge is -2.40. The fourth-order valence-electron chi connectivity index (χ4n) is 3.00. The van der Waals surface area contributed by atoms with Crippen molar-refractivity contribution in [2.45, 2.75) is 45.6 Å². The first-order chi connectivity index (χ1) is 9.52. The van der Waals surface area contributed by atoms with Crippen LogP contribution in [0.25, 0.3) is 0 Å². The highest BCUT2D eigenvalue weighted by Crippen LogP contribution is 2.37. The van der Waals surface area contributed by atoms with Crippen molar-refractivity contribution in [2.24, 2.45) is 16.6 Å². The Morgan fingerprint density at radius 1 is 1.45 bits per heavy atom. The van der Waals surface area contributed by atoms with E-state index in [9.17, 15) is 0 Å². The molecule has 0 aromatic heterocycles. The first kappa shape index (κ1) is 15.4. The van der Waals surface area contributed by atoms with Crippen molar-refractivity contribution >= 4 is 27.6 Å². The molecule has 3 nitrogen and oxygen atoms in total. The Bertz CT molecular complexity index is 500. The van der Waals surface area contributed by atoms with E-state index in [1.54, 1.807) is 0 Å². The minimum Gasteiger partial charge on any atom is -0.369 e. The first-order valence-corrected chi connectivity index (χ1v) is 8.17. The highest BCUT2D eigenvalue weighted by Gasteiger charge is 2.42. The molecule has 0 amide bonds. The molecular weight excluding hydrogens is 314 g/mol. The summed E-state index contributed by atoms with van der Waals surface area (Å²) < 4.78 is 1.07. The van der Waals surface area contributed by atoms with E-state index in [1.165, 1.54) is 6.42 Å². The van der Waals surface area contributed by atoms with Gasteiger partial charge in [0.1, 0.15) is 0 Å². The van der Waals surface area contributed by atoms with Crippen molar-refractivity contribution in [1.82, 2.24) is 0 Å². The lowest BCUT2D eigenvalue weighted by atomic mass is 9.83. The molecule has 1 aromatic rings. The van der Waals surface area contributed by atoms with Crippen LogP contribution in [0.2, 0.25) is 0 Å². The van der Waals surface area contributed by atoms with Gasteiger partial charge in [-0.1, -0.05) is 49.2 Å². The average molecular weight is 338 g/mol. The van der Waals surface area contributed by atoms with Crippen molar-refractivity contribution in [3.05, 3.63) is 28.7 Å². The topological polar surface area (TPSA) is 41.6 Å². The molecule has 0 bridgehead atoms. The van der Waals surface area contributed by atoms with E-state index in [0.29, 0.717) is 11.9 Å². The summed E-state index contributed by atoms with van der Waals surface area (Å²) in [5, 5.41) is 0. The SMILES string of the molecule is CCC(C)CC1(CC)CN=C(N)N1c1cccc(Br)c1. The highest BCUT2D eigenvalue weighted by molar-refractivity contribution is 9.10. The van der Waals surface area contributed by atoms with E-state index in [0.717, 1.165) is 29.5 Å². The van der Waals surface area contributed by atoms with Crippen LogP contribution in [-0.2, 0) is 0 Å². The summed E-state index contributed by atoms with van der Waals surface area (Å²) >= 11 is 3.55. The minimum absolute atomic E-state index is 0.0281. The van der Waals surface area contributed by atoms with Crippen LogP contribution in [0.4, 0.5) is 5.69 Å². The molecule has 0 saturated carbocycles. The predicted molar refractivity (Wildman–Crippen MR) is 90.2 cm³/mol. The fourth-order valence-corrected chi connectivity index (χ4v) is 3.38. The van der Waals surface area contributed by atoms with Gasteiger partial charge in [-0.3, -0.25) is 4.99 Å². The van der Waals surface area contributed by atoms with Gasteiger partial charge in [0.15, 0.2) is 5.96 Å². The number of nitrogens with two attached hydrogens (primary N) is 1. The number of aliphatic imine (C=N–C) groups is 1. The molecule has 0 radical (unpaired) electrons. The van der Waals surface area contributed by atoms with Crippen LogP contribution >= 0.6 is 15.9 Å². The summed E-state index contributed by atoms with van der Waals surface area (Å²) in [4.78, 5) is 6.78. The molecule has 4 heteroatoms. The quantitative estimate of drug-likeness (QED) is 0.875. The molecule has 1 heterocycles. The smallest absolute Gasteiger partial charge is 0.196 e. The maximum absolute atomic E-state index is 6.19. The molecule has 0 fully saturated rings. The lowest BCUT2D eigenvalue weighted by Crippen LogP contribution is -2.52. The Morgan fingerprint density at radius 3 is 2.80 bits per heavy atom. The summed E-state index contributed by atoms with van der Waals surface area (Å²) in [6.45, 7) is 7.59. The molecule has 2 N–H and O–H groups in total. The molecule has 110 valence electrons. The number of benzene rings is 1. The van der Waals surface area contributed by atoms with E-state index in [1.807, 2.05) is 6.07 Å². The van der Waals surface area contributed by atoms with E-state index < -0.39 is 0 Å². The van der Waals surface area contributed by atoms with Gasteiger partial charge in [-0.2, -0.15) is 0 Å². The van der Waals surface area contributed by atoms with Crippen molar-refractivity contribution in [1.29, 1.82) is 0 Å². The van der Waals surface area contributed by atoms with Crippen molar-refractivity contribution in [3.63, 3.8) is 0 Å². The first-order valence-electron chi connectivity index (χ1n) is 7.38. The van der Waals surface area contributed by atoms with E-state index in [4.69, 9.17) is 5.73 Å². The van der Waals surface area contributed by atoms with Crippen LogP contribution in [0, 0.1) is 5.92 Å².